The monoisotopic (exact) mass is 410 g/mol. The molecule has 7 heteroatoms. The molecule has 1 aromatic heterocycles. The van der Waals surface area contributed by atoms with Crippen LogP contribution in [-0.2, 0) is 4.79 Å². The molecule has 0 saturated heterocycles. The molecule has 29 heavy (non-hydrogen) atoms. The molecule has 0 saturated carbocycles. The van der Waals surface area contributed by atoms with Crippen LogP contribution in [0.2, 0.25) is 0 Å². The maximum Gasteiger partial charge on any atom is 0.240 e. The summed E-state index contributed by atoms with van der Waals surface area (Å²) in [5.41, 5.74) is 3.96. The van der Waals surface area contributed by atoms with Crippen LogP contribution < -0.4 is 14.9 Å². The number of rotatable bonds is 8. The molecule has 3 aromatic rings. The van der Waals surface area contributed by atoms with Crippen LogP contribution in [0.5, 0.6) is 11.5 Å². The third-order valence-electron chi connectivity index (χ3n) is 4.49. The van der Waals surface area contributed by atoms with Crippen LogP contribution in [0.3, 0.4) is 0 Å². The van der Waals surface area contributed by atoms with E-state index in [0.29, 0.717) is 17.1 Å². The quantitative estimate of drug-likeness (QED) is 0.340. The normalized spacial score (nSPS) is 11.0. The van der Waals surface area contributed by atoms with Crippen LogP contribution in [-0.4, -0.2) is 32.1 Å². The average Bonchev–Trinajstić information content (AvgIpc) is 3.06. The number of fused-ring (bicyclic) bond motifs is 1. The van der Waals surface area contributed by atoms with Gasteiger partial charge in [0.2, 0.25) is 5.91 Å². The molecular formula is C22H22N2O4S. The van der Waals surface area contributed by atoms with Crippen molar-refractivity contribution in [1.29, 1.82) is 0 Å². The number of amides is 1. The maximum atomic E-state index is 12.4. The average molecular weight is 410 g/mol. The molecule has 0 radical (unpaired) electrons. The minimum absolute atomic E-state index is 0.0495. The Morgan fingerprint density at radius 2 is 1.83 bits per heavy atom. The van der Waals surface area contributed by atoms with Gasteiger partial charge in [-0.15, -0.1) is 11.3 Å². The lowest BCUT2D eigenvalue weighted by Gasteiger charge is -2.08. The first-order chi connectivity index (χ1) is 14.0. The molecule has 0 bridgehead atoms. The number of ether oxygens (including phenoxy) is 2. The summed E-state index contributed by atoms with van der Waals surface area (Å²) in [5.74, 6) is 0.565. The molecular weight excluding hydrogens is 388 g/mol. The lowest BCUT2D eigenvalue weighted by Crippen LogP contribution is -2.18. The Morgan fingerprint density at radius 3 is 2.59 bits per heavy atom. The smallest absolute Gasteiger partial charge is 0.240 e. The SMILES string of the molecule is COc1ccc(C(=O)CCC(=O)N/N=C/c2c(C)sc3ccccc23)cc1OC. The molecule has 0 fully saturated rings. The van der Waals surface area contributed by atoms with Crippen molar-refractivity contribution >= 4 is 39.3 Å². The number of hydrogen-bond donors (Lipinski definition) is 1. The Morgan fingerprint density at radius 1 is 1.07 bits per heavy atom. The Bertz CT molecular complexity index is 1070. The molecule has 1 amide bonds. The molecule has 0 aliphatic heterocycles. The Hall–Kier alpha value is -3.19. The Balaban J connectivity index is 1.56. The van der Waals surface area contributed by atoms with Crippen LogP contribution in [0.1, 0.15) is 33.6 Å². The fourth-order valence-corrected chi connectivity index (χ4v) is 3.99. The Labute approximate surface area is 173 Å². The maximum absolute atomic E-state index is 12.4. The second-order valence-corrected chi connectivity index (χ2v) is 7.61. The number of hydrazone groups is 1. The van der Waals surface area contributed by atoms with E-state index in [2.05, 4.69) is 16.6 Å². The van der Waals surface area contributed by atoms with Gasteiger partial charge in [0.05, 0.1) is 20.4 Å². The van der Waals surface area contributed by atoms with Crippen molar-refractivity contribution in [3.05, 3.63) is 58.5 Å². The minimum atomic E-state index is -0.313. The fourth-order valence-electron chi connectivity index (χ4n) is 2.95. The van der Waals surface area contributed by atoms with Crippen molar-refractivity contribution in [2.45, 2.75) is 19.8 Å². The molecule has 1 N–H and O–H groups in total. The lowest BCUT2D eigenvalue weighted by molar-refractivity contribution is -0.121. The predicted molar refractivity (Wildman–Crippen MR) is 115 cm³/mol. The molecule has 3 rings (SSSR count). The zero-order valence-electron chi connectivity index (χ0n) is 16.5. The largest absolute Gasteiger partial charge is 0.493 e. The van der Waals surface area contributed by atoms with Gasteiger partial charge in [-0.05, 0) is 31.2 Å². The van der Waals surface area contributed by atoms with E-state index in [1.165, 1.54) is 18.9 Å². The summed E-state index contributed by atoms with van der Waals surface area (Å²) in [4.78, 5) is 25.5. The van der Waals surface area contributed by atoms with Gasteiger partial charge in [0.1, 0.15) is 0 Å². The van der Waals surface area contributed by atoms with Gasteiger partial charge in [0.25, 0.3) is 0 Å². The number of nitrogens with zero attached hydrogens (tertiary/aromatic N) is 1. The molecule has 0 aliphatic rings. The van der Waals surface area contributed by atoms with Crippen LogP contribution in [0.25, 0.3) is 10.1 Å². The van der Waals surface area contributed by atoms with Gasteiger partial charge in [0, 0.05) is 38.9 Å². The summed E-state index contributed by atoms with van der Waals surface area (Å²) < 4.78 is 11.5. The summed E-state index contributed by atoms with van der Waals surface area (Å²) in [6.45, 7) is 2.02. The number of carbonyl (C=O) groups excluding carboxylic acids is 2. The number of Topliss-reactive ketones (excluding diaryl/α,β-unsaturated/α-hetero) is 1. The lowest BCUT2D eigenvalue weighted by atomic mass is 10.1. The topological polar surface area (TPSA) is 77.0 Å². The number of benzene rings is 2. The van der Waals surface area contributed by atoms with E-state index in [9.17, 15) is 9.59 Å². The highest BCUT2D eigenvalue weighted by Crippen LogP contribution is 2.29. The van der Waals surface area contributed by atoms with Crippen LogP contribution in [0.4, 0.5) is 0 Å². The summed E-state index contributed by atoms with van der Waals surface area (Å²) in [6, 6.07) is 13.0. The second-order valence-electron chi connectivity index (χ2n) is 6.35. The Kier molecular flexibility index (Phi) is 6.61. The third kappa shape index (κ3) is 4.81. The highest BCUT2D eigenvalue weighted by molar-refractivity contribution is 7.19. The summed E-state index contributed by atoms with van der Waals surface area (Å²) in [7, 11) is 3.04. The van der Waals surface area contributed by atoms with Crippen molar-refractivity contribution in [3.63, 3.8) is 0 Å². The van der Waals surface area contributed by atoms with Gasteiger partial charge in [-0.1, -0.05) is 18.2 Å². The van der Waals surface area contributed by atoms with E-state index in [1.54, 1.807) is 35.8 Å². The number of ketones is 1. The first-order valence-electron chi connectivity index (χ1n) is 9.08. The molecule has 0 aliphatic carbocycles. The van der Waals surface area contributed by atoms with Crippen molar-refractivity contribution < 1.29 is 19.1 Å². The fraction of sp³-hybridized carbons (Fsp3) is 0.227. The summed E-state index contributed by atoms with van der Waals surface area (Å²) >= 11 is 1.69. The number of thiophene rings is 1. The van der Waals surface area contributed by atoms with Gasteiger partial charge in [-0.25, -0.2) is 5.43 Å². The second kappa shape index (κ2) is 9.34. The highest BCUT2D eigenvalue weighted by Gasteiger charge is 2.13. The minimum Gasteiger partial charge on any atom is -0.493 e. The van der Waals surface area contributed by atoms with Crippen molar-refractivity contribution in [2.24, 2.45) is 5.10 Å². The van der Waals surface area contributed by atoms with Crippen molar-refractivity contribution in [1.82, 2.24) is 5.43 Å². The number of methoxy groups -OCH3 is 2. The van der Waals surface area contributed by atoms with Gasteiger partial charge in [-0.3, -0.25) is 9.59 Å². The van der Waals surface area contributed by atoms with Crippen LogP contribution >= 0.6 is 11.3 Å². The van der Waals surface area contributed by atoms with Gasteiger partial charge < -0.3 is 9.47 Å². The molecule has 2 aromatic carbocycles. The number of carbonyl (C=O) groups is 2. The van der Waals surface area contributed by atoms with E-state index >= 15 is 0 Å². The van der Waals surface area contributed by atoms with E-state index < -0.39 is 0 Å². The molecule has 150 valence electrons. The van der Waals surface area contributed by atoms with Gasteiger partial charge in [0.15, 0.2) is 17.3 Å². The molecule has 1 heterocycles. The molecule has 0 unspecified atom stereocenters. The molecule has 6 nitrogen and oxygen atoms in total. The van der Waals surface area contributed by atoms with Gasteiger partial charge >= 0.3 is 0 Å². The predicted octanol–water partition coefficient (Wildman–Crippen LogP) is 4.34. The summed E-state index contributed by atoms with van der Waals surface area (Å²) in [5, 5.41) is 5.17. The highest BCUT2D eigenvalue weighted by atomic mass is 32.1. The van der Waals surface area contributed by atoms with E-state index in [1.807, 2.05) is 25.1 Å². The van der Waals surface area contributed by atoms with Crippen molar-refractivity contribution in [2.75, 3.05) is 14.2 Å². The van der Waals surface area contributed by atoms with E-state index in [-0.39, 0.29) is 24.5 Å². The van der Waals surface area contributed by atoms with E-state index in [4.69, 9.17) is 9.47 Å². The number of aryl methyl sites for hydroxylation is 1. The first kappa shape index (κ1) is 20.5. The number of hydrogen-bond acceptors (Lipinski definition) is 6. The zero-order valence-corrected chi connectivity index (χ0v) is 17.3. The van der Waals surface area contributed by atoms with Crippen LogP contribution in [0.15, 0.2) is 47.6 Å². The summed E-state index contributed by atoms with van der Waals surface area (Å²) in [6.07, 6.45) is 1.79. The van der Waals surface area contributed by atoms with E-state index in [0.717, 1.165) is 15.8 Å². The number of nitrogens with one attached hydrogen (secondary N) is 1. The molecule has 0 atom stereocenters. The molecule has 0 spiro atoms. The zero-order chi connectivity index (χ0) is 20.8. The van der Waals surface area contributed by atoms with Crippen molar-refractivity contribution in [3.8, 4) is 11.5 Å². The van der Waals surface area contributed by atoms with Gasteiger partial charge in [-0.2, -0.15) is 5.10 Å². The standard InChI is InChI=1S/C22H22N2O4S/c1-14-17(16-6-4-5-7-21(16)29-14)13-23-24-22(26)11-9-18(25)15-8-10-19(27-2)20(12-15)28-3/h4-8,10,12-13H,9,11H2,1-3H3,(H,24,26)/b23-13+. The first-order valence-corrected chi connectivity index (χ1v) is 9.90. The van der Waals surface area contributed by atoms with Crippen LogP contribution in [0, 0.1) is 6.92 Å². The third-order valence-corrected chi connectivity index (χ3v) is 5.59.